The van der Waals surface area contributed by atoms with Crippen molar-refractivity contribution >= 4 is 23.4 Å². The van der Waals surface area contributed by atoms with E-state index in [1.54, 1.807) is 26.4 Å². The highest BCUT2D eigenvalue weighted by Crippen LogP contribution is 2.26. The Bertz CT molecular complexity index is 896. The number of para-hydroxylation sites is 2. The summed E-state index contributed by atoms with van der Waals surface area (Å²) in [7, 11) is 3.18. The molecule has 0 aliphatic heterocycles. The van der Waals surface area contributed by atoms with Gasteiger partial charge in [0.2, 0.25) is 11.8 Å². The minimum Gasteiger partial charge on any atom is -0.497 e. The van der Waals surface area contributed by atoms with Gasteiger partial charge in [-0.3, -0.25) is 4.79 Å². The molecule has 0 atom stereocenters. The second kappa shape index (κ2) is 9.09. The molecule has 1 aromatic heterocycles. The SMILES string of the molecule is COc1ccc(-c2nnc(SCCC(=O)Nc3ccccc3OC)o2)cc1. The molecule has 3 rings (SSSR count). The first-order chi connectivity index (χ1) is 13.2. The molecule has 0 unspecified atom stereocenters. The molecule has 0 fully saturated rings. The van der Waals surface area contributed by atoms with Crippen LogP contribution in [0.15, 0.2) is 58.2 Å². The van der Waals surface area contributed by atoms with Crippen LogP contribution in [0.4, 0.5) is 5.69 Å². The third kappa shape index (κ3) is 5.01. The number of nitrogens with zero attached hydrogens (tertiary/aromatic N) is 2. The van der Waals surface area contributed by atoms with Gasteiger partial charge in [0.05, 0.1) is 19.9 Å². The molecule has 0 aliphatic rings. The van der Waals surface area contributed by atoms with Gasteiger partial charge in [-0.1, -0.05) is 23.9 Å². The Hall–Kier alpha value is -3.00. The molecule has 1 amide bonds. The summed E-state index contributed by atoms with van der Waals surface area (Å²) in [5, 5.41) is 11.3. The minimum absolute atomic E-state index is 0.109. The van der Waals surface area contributed by atoms with Crippen LogP contribution in [0.5, 0.6) is 11.5 Å². The molecule has 2 aromatic carbocycles. The molecule has 0 aliphatic carbocycles. The van der Waals surface area contributed by atoms with E-state index in [0.717, 1.165) is 11.3 Å². The number of carbonyl (C=O) groups excluding carboxylic acids is 1. The summed E-state index contributed by atoms with van der Waals surface area (Å²) in [6.45, 7) is 0. The quantitative estimate of drug-likeness (QED) is 0.589. The summed E-state index contributed by atoms with van der Waals surface area (Å²) in [6, 6.07) is 14.6. The Morgan fingerprint density at radius 2 is 1.85 bits per heavy atom. The number of methoxy groups -OCH3 is 2. The molecule has 8 heteroatoms. The van der Waals surface area contributed by atoms with Crippen LogP contribution < -0.4 is 14.8 Å². The highest BCUT2D eigenvalue weighted by molar-refractivity contribution is 7.99. The van der Waals surface area contributed by atoms with Crippen LogP contribution in [0, 0.1) is 0 Å². The average molecular weight is 385 g/mol. The maximum Gasteiger partial charge on any atom is 0.276 e. The fourth-order valence-corrected chi connectivity index (χ4v) is 3.01. The van der Waals surface area contributed by atoms with Crippen LogP contribution >= 0.6 is 11.8 Å². The number of aromatic nitrogens is 2. The summed E-state index contributed by atoms with van der Waals surface area (Å²) in [6.07, 6.45) is 0.308. The number of amides is 1. The largest absolute Gasteiger partial charge is 0.497 e. The molecular weight excluding hydrogens is 366 g/mol. The second-order valence-corrected chi connectivity index (χ2v) is 6.49. The van der Waals surface area contributed by atoms with Gasteiger partial charge >= 0.3 is 0 Å². The predicted octanol–water partition coefficient (Wildman–Crippen LogP) is 3.87. The highest BCUT2D eigenvalue weighted by Gasteiger charge is 2.11. The van der Waals surface area contributed by atoms with Gasteiger partial charge in [-0.15, -0.1) is 10.2 Å². The molecule has 1 N–H and O–H groups in total. The van der Waals surface area contributed by atoms with Crippen molar-refractivity contribution in [3.63, 3.8) is 0 Å². The minimum atomic E-state index is -0.109. The third-order valence-electron chi connectivity index (χ3n) is 3.68. The van der Waals surface area contributed by atoms with Crippen molar-refractivity contribution < 1.29 is 18.7 Å². The van der Waals surface area contributed by atoms with Crippen molar-refractivity contribution in [2.75, 3.05) is 25.3 Å². The van der Waals surface area contributed by atoms with Gasteiger partial charge < -0.3 is 19.2 Å². The van der Waals surface area contributed by atoms with E-state index < -0.39 is 0 Å². The van der Waals surface area contributed by atoms with E-state index in [1.807, 2.05) is 36.4 Å². The number of nitrogens with one attached hydrogen (secondary N) is 1. The number of thioether (sulfide) groups is 1. The van der Waals surface area contributed by atoms with Crippen LogP contribution in [-0.4, -0.2) is 36.1 Å². The predicted molar refractivity (Wildman–Crippen MR) is 103 cm³/mol. The van der Waals surface area contributed by atoms with Crippen molar-refractivity contribution in [2.24, 2.45) is 0 Å². The molecule has 0 bridgehead atoms. The first-order valence-corrected chi connectivity index (χ1v) is 9.21. The maximum absolute atomic E-state index is 12.1. The average Bonchev–Trinajstić information content (AvgIpc) is 3.17. The highest BCUT2D eigenvalue weighted by atomic mass is 32.2. The topological polar surface area (TPSA) is 86.5 Å². The monoisotopic (exact) mass is 385 g/mol. The molecule has 0 saturated heterocycles. The maximum atomic E-state index is 12.1. The van der Waals surface area contributed by atoms with E-state index in [9.17, 15) is 4.79 Å². The number of hydrogen-bond donors (Lipinski definition) is 1. The zero-order valence-electron chi connectivity index (χ0n) is 15.0. The lowest BCUT2D eigenvalue weighted by molar-refractivity contribution is -0.115. The van der Waals surface area contributed by atoms with Crippen molar-refractivity contribution in [3.8, 4) is 23.0 Å². The van der Waals surface area contributed by atoms with Gasteiger partial charge in [0.15, 0.2) is 0 Å². The van der Waals surface area contributed by atoms with Crippen molar-refractivity contribution in [1.82, 2.24) is 10.2 Å². The van der Waals surface area contributed by atoms with E-state index in [2.05, 4.69) is 15.5 Å². The zero-order chi connectivity index (χ0) is 19.1. The van der Waals surface area contributed by atoms with Gasteiger partial charge in [-0.25, -0.2) is 0 Å². The van der Waals surface area contributed by atoms with E-state index in [4.69, 9.17) is 13.9 Å². The fourth-order valence-electron chi connectivity index (χ4n) is 2.31. The molecule has 27 heavy (non-hydrogen) atoms. The fraction of sp³-hybridized carbons (Fsp3) is 0.211. The van der Waals surface area contributed by atoms with Crippen molar-refractivity contribution in [3.05, 3.63) is 48.5 Å². The second-order valence-electron chi connectivity index (χ2n) is 5.45. The first kappa shape index (κ1) is 18.8. The van der Waals surface area contributed by atoms with Gasteiger partial charge in [-0.05, 0) is 36.4 Å². The van der Waals surface area contributed by atoms with Gasteiger partial charge in [0.25, 0.3) is 5.22 Å². The summed E-state index contributed by atoms with van der Waals surface area (Å²) in [5.74, 6) is 2.22. The molecule has 0 spiro atoms. The lowest BCUT2D eigenvalue weighted by Gasteiger charge is -2.09. The summed E-state index contributed by atoms with van der Waals surface area (Å²) < 4.78 is 16.0. The van der Waals surface area contributed by atoms with Crippen LogP contribution in [0.25, 0.3) is 11.5 Å². The van der Waals surface area contributed by atoms with Gasteiger partial charge in [-0.2, -0.15) is 0 Å². The number of anilines is 1. The first-order valence-electron chi connectivity index (χ1n) is 8.23. The molecular formula is C19H19N3O4S. The normalized spacial score (nSPS) is 10.4. The Balaban J connectivity index is 1.50. The van der Waals surface area contributed by atoms with E-state index in [1.165, 1.54) is 11.8 Å². The number of hydrogen-bond acceptors (Lipinski definition) is 7. The lowest BCUT2D eigenvalue weighted by Crippen LogP contribution is -2.12. The number of benzene rings is 2. The van der Waals surface area contributed by atoms with E-state index in [-0.39, 0.29) is 5.91 Å². The summed E-state index contributed by atoms with van der Waals surface area (Å²) in [4.78, 5) is 12.1. The molecule has 0 radical (unpaired) electrons. The lowest BCUT2D eigenvalue weighted by atomic mass is 10.2. The number of rotatable bonds is 8. The van der Waals surface area contributed by atoms with Gasteiger partial charge in [0.1, 0.15) is 11.5 Å². The van der Waals surface area contributed by atoms with Crippen LogP contribution in [-0.2, 0) is 4.79 Å². The third-order valence-corrected chi connectivity index (χ3v) is 4.50. The standard InChI is InChI=1S/C19H19N3O4S/c1-24-14-9-7-13(8-10-14)18-21-22-19(26-18)27-12-11-17(23)20-15-5-3-4-6-16(15)25-2/h3-10H,11-12H2,1-2H3,(H,20,23). The van der Waals surface area contributed by atoms with Crippen LogP contribution in [0.3, 0.4) is 0 Å². The summed E-state index contributed by atoms with van der Waals surface area (Å²) >= 11 is 1.34. The molecule has 1 heterocycles. The van der Waals surface area contributed by atoms with E-state index in [0.29, 0.717) is 34.7 Å². The number of ether oxygens (including phenoxy) is 2. The van der Waals surface area contributed by atoms with Crippen molar-refractivity contribution in [1.29, 1.82) is 0 Å². The Labute approximate surface area is 161 Å². The number of carbonyl (C=O) groups is 1. The summed E-state index contributed by atoms with van der Waals surface area (Å²) in [5.41, 5.74) is 1.46. The smallest absolute Gasteiger partial charge is 0.276 e. The molecule has 7 nitrogen and oxygen atoms in total. The molecule has 0 saturated carbocycles. The Kier molecular flexibility index (Phi) is 6.32. The molecule has 3 aromatic rings. The Morgan fingerprint density at radius 3 is 2.59 bits per heavy atom. The van der Waals surface area contributed by atoms with Gasteiger partial charge in [0, 0.05) is 17.7 Å². The van der Waals surface area contributed by atoms with Crippen molar-refractivity contribution in [2.45, 2.75) is 11.6 Å². The van der Waals surface area contributed by atoms with Crippen LogP contribution in [0.2, 0.25) is 0 Å². The zero-order valence-corrected chi connectivity index (χ0v) is 15.8. The molecule has 140 valence electrons. The van der Waals surface area contributed by atoms with Crippen LogP contribution in [0.1, 0.15) is 6.42 Å². The van der Waals surface area contributed by atoms with E-state index >= 15 is 0 Å². The Morgan fingerprint density at radius 1 is 1.07 bits per heavy atom.